The van der Waals surface area contributed by atoms with Gasteiger partial charge in [0.2, 0.25) is 0 Å². The highest BCUT2D eigenvalue weighted by atomic mass is 35.5. The van der Waals surface area contributed by atoms with E-state index in [1.54, 1.807) is 0 Å². The molecular weight excluding hydrogens is 304 g/mol. The summed E-state index contributed by atoms with van der Waals surface area (Å²) >= 11 is 5.75. The molecule has 0 unspecified atom stereocenters. The first-order valence-corrected chi connectivity index (χ1v) is 5.92. The van der Waals surface area contributed by atoms with E-state index >= 15 is 0 Å². The van der Waals surface area contributed by atoms with E-state index in [-0.39, 0.29) is 28.8 Å². The number of aromatic nitrogens is 1. The van der Waals surface area contributed by atoms with E-state index in [1.807, 2.05) is 5.43 Å². The van der Waals surface area contributed by atoms with E-state index in [2.05, 4.69) is 5.16 Å². The van der Waals surface area contributed by atoms with Gasteiger partial charge in [0.25, 0.3) is 11.6 Å². The van der Waals surface area contributed by atoms with E-state index < -0.39 is 10.8 Å². The minimum Gasteiger partial charge on any atom is -0.485 e. The Bertz CT molecular complexity index is 687. The molecule has 9 nitrogen and oxygen atoms in total. The first-order chi connectivity index (χ1) is 10.0. The van der Waals surface area contributed by atoms with Gasteiger partial charge >= 0.3 is 0 Å². The summed E-state index contributed by atoms with van der Waals surface area (Å²) in [5.41, 5.74) is 1.70. The van der Waals surface area contributed by atoms with E-state index in [9.17, 15) is 14.9 Å². The summed E-state index contributed by atoms with van der Waals surface area (Å²) in [6.07, 6.45) is 0. The van der Waals surface area contributed by atoms with E-state index in [1.165, 1.54) is 24.3 Å². The number of nitro benzene ring substituents is 1. The Morgan fingerprint density at radius 2 is 2.29 bits per heavy atom. The van der Waals surface area contributed by atoms with Crippen LogP contribution in [0.3, 0.4) is 0 Å². The molecule has 0 saturated carbocycles. The van der Waals surface area contributed by atoms with E-state index in [0.29, 0.717) is 5.75 Å². The molecule has 1 aromatic heterocycles. The Morgan fingerprint density at radius 3 is 2.90 bits per heavy atom. The maximum Gasteiger partial charge on any atom is 0.288 e. The number of nitro groups is 1. The lowest BCUT2D eigenvalue weighted by atomic mass is 10.3. The second kappa shape index (κ2) is 6.20. The van der Waals surface area contributed by atoms with Crippen molar-refractivity contribution in [2.45, 2.75) is 6.61 Å². The van der Waals surface area contributed by atoms with E-state index in [4.69, 9.17) is 26.7 Å². The molecule has 2 aromatic rings. The van der Waals surface area contributed by atoms with Crippen LogP contribution in [0.25, 0.3) is 0 Å². The molecule has 110 valence electrons. The number of benzene rings is 1. The van der Waals surface area contributed by atoms with Crippen LogP contribution >= 0.6 is 11.6 Å². The van der Waals surface area contributed by atoms with Gasteiger partial charge in [-0.2, -0.15) is 0 Å². The average molecular weight is 313 g/mol. The maximum atomic E-state index is 11.2. The Morgan fingerprint density at radius 1 is 1.52 bits per heavy atom. The fraction of sp³-hybridized carbons (Fsp3) is 0.0909. The third-order valence-electron chi connectivity index (χ3n) is 2.42. The number of ether oxygens (including phenoxy) is 1. The fourth-order valence-corrected chi connectivity index (χ4v) is 1.68. The minimum absolute atomic E-state index is 0.0119. The molecular formula is C11H9ClN4O5. The smallest absolute Gasteiger partial charge is 0.288 e. The van der Waals surface area contributed by atoms with Crippen molar-refractivity contribution in [3.8, 4) is 5.75 Å². The van der Waals surface area contributed by atoms with Crippen molar-refractivity contribution in [3.63, 3.8) is 0 Å². The SMILES string of the molecule is NNC(=O)c1cc(COc2ccc([N+](=O)[O-])c(Cl)c2)on1. The van der Waals surface area contributed by atoms with Gasteiger partial charge in [0.15, 0.2) is 11.5 Å². The molecule has 1 heterocycles. The third kappa shape index (κ3) is 3.46. The molecule has 0 aliphatic carbocycles. The number of nitrogens with one attached hydrogen (secondary N) is 1. The van der Waals surface area contributed by atoms with Crippen LogP contribution in [0.15, 0.2) is 28.8 Å². The molecule has 21 heavy (non-hydrogen) atoms. The van der Waals surface area contributed by atoms with Crippen LogP contribution in [0, 0.1) is 10.1 Å². The van der Waals surface area contributed by atoms with Gasteiger partial charge in [-0.25, -0.2) is 5.84 Å². The van der Waals surface area contributed by atoms with Crippen molar-refractivity contribution >= 4 is 23.2 Å². The molecule has 10 heteroatoms. The van der Waals surface area contributed by atoms with Crippen molar-refractivity contribution in [2.75, 3.05) is 0 Å². The van der Waals surface area contributed by atoms with Crippen LogP contribution in [-0.4, -0.2) is 16.0 Å². The molecule has 0 saturated heterocycles. The van der Waals surface area contributed by atoms with Gasteiger partial charge in [0.05, 0.1) is 4.92 Å². The second-order valence-electron chi connectivity index (χ2n) is 3.81. The van der Waals surface area contributed by atoms with Crippen molar-refractivity contribution in [1.29, 1.82) is 0 Å². The lowest BCUT2D eigenvalue weighted by Gasteiger charge is -2.04. The number of amides is 1. The van der Waals surface area contributed by atoms with Gasteiger partial charge < -0.3 is 9.26 Å². The molecule has 0 aliphatic rings. The van der Waals surface area contributed by atoms with Crippen molar-refractivity contribution in [2.24, 2.45) is 5.84 Å². The highest BCUT2D eigenvalue weighted by molar-refractivity contribution is 6.32. The van der Waals surface area contributed by atoms with Crippen LogP contribution in [0.2, 0.25) is 5.02 Å². The number of hydrazine groups is 1. The topological polar surface area (TPSA) is 134 Å². The number of hydrogen-bond acceptors (Lipinski definition) is 7. The quantitative estimate of drug-likeness (QED) is 0.369. The zero-order chi connectivity index (χ0) is 15.4. The number of nitrogens with two attached hydrogens (primary N) is 1. The first kappa shape index (κ1) is 14.8. The first-order valence-electron chi connectivity index (χ1n) is 5.54. The number of hydrogen-bond donors (Lipinski definition) is 2. The Balaban J connectivity index is 2.03. The van der Waals surface area contributed by atoms with Gasteiger partial charge in [-0.1, -0.05) is 16.8 Å². The van der Waals surface area contributed by atoms with Crippen LogP contribution in [0.1, 0.15) is 16.2 Å². The Hall–Kier alpha value is -2.65. The number of rotatable bonds is 5. The van der Waals surface area contributed by atoms with Crippen LogP contribution in [-0.2, 0) is 6.61 Å². The zero-order valence-electron chi connectivity index (χ0n) is 10.4. The largest absolute Gasteiger partial charge is 0.485 e. The zero-order valence-corrected chi connectivity index (χ0v) is 11.2. The van der Waals surface area contributed by atoms with Gasteiger partial charge in [0, 0.05) is 18.2 Å². The molecule has 1 amide bonds. The summed E-state index contributed by atoms with van der Waals surface area (Å²) in [7, 11) is 0. The van der Waals surface area contributed by atoms with Gasteiger partial charge in [-0.15, -0.1) is 0 Å². The number of carbonyl (C=O) groups is 1. The van der Waals surface area contributed by atoms with Gasteiger partial charge in [-0.05, 0) is 6.07 Å². The standard InChI is InChI=1S/C11H9ClN4O5/c12-8-3-6(1-2-10(8)16(18)19)20-5-7-4-9(15-21-7)11(17)14-13/h1-4H,5,13H2,(H,14,17). The summed E-state index contributed by atoms with van der Waals surface area (Å²) in [5.74, 6) is 4.95. The Kier molecular flexibility index (Phi) is 4.36. The molecule has 0 aliphatic heterocycles. The molecule has 0 radical (unpaired) electrons. The number of nitrogens with zero attached hydrogens (tertiary/aromatic N) is 2. The molecule has 0 spiro atoms. The Labute approximate surface area is 122 Å². The number of halogens is 1. The molecule has 2 rings (SSSR count). The molecule has 0 atom stereocenters. The highest BCUT2D eigenvalue weighted by Gasteiger charge is 2.14. The average Bonchev–Trinajstić information content (AvgIpc) is 2.92. The molecule has 3 N–H and O–H groups in total. The van der Waals surface area contributed by atoms with Crippen LogP contribution in [0.5, 0.6) is 5.75 Å². The molecule has 1 aromatic carbocycles. The normalized spacial score (nSPS) is 10.2. The fourth-order valence-electron chi connectivity index (χ4n) is 1.44. The molecule has 0 bridgehead atoms. The van der Waals surface area contributed by atoms with Crippen LogP contribution < -0.4 is 16.0 Å². The second-order valence-corrected chi connectivity index (χ2v) is 4.22. The monoisotopic (exact) mass is 312 g/mol. The van der Waals surface area contributed by atoms with Gasteiger partial charge in [0.1, 0.15) is 17.4 Å². The predicted molar refractivity (Wildman–Crippen MR) is 70.6 cm³/mol. The van der Waals surface area contributed by atoms with E-state index in [0.717, 1.165) is 0 Å². The molecule has 0 fully saturated rings. The lowest BCUT2D eigenvalue weighted by Crippen LogP contribution is -2.30. The maximum absolute atomic E-state index is 11.2. The summed E-state index contributed by atoms with van der Waals surface area (Å²) in [4.78, 5) is 21.2. The van der Waals surface area contributed by atoms with Gasteiger partial charge in [-0.3, -0.25) is 20.3 Å². The summed E-state index contributed by atoms with van der Waals surface area (Å²) < 4.78 is 10.2. The highest BCUT2D eigenvalue weighted by Crippen LogP contribution is 2.28. The lowest BCUT2D eigenvalue weighted by molar-refractivity contribution is -0.384. The predicted octanol–water partition coefficient (Wildman–Crippen LogP) is 1.42. The van der Waals surface area contributed by atoms with Crippen molar-refractivity contribution < 1.29 is 19.0 Å². The number of nitrogen functional groups attached to an aromatic ring is 1. The van der Waals surface area contributed by atoms with Crippen LogP contribution in [0.4, 0.5) is 5.69 Å². The summed E-state index contributed by atoms with van der Waals surface area (Å²) in [5, 5.41) is 14.1. The van der Waals surface area contributed by atoms with Crippen molar-refractivity contribution in [3.05, 3.63) is 50.9 Å². The summed E-state index contributed by atoms with van der Waals surface area (Å²) in [6, 6.07) is 5.29. The third-order valence-corrected chi connectivity index (χ3v) is 2.72. The van der Waals surface area contributed by atoms with Crippen molar-refractivity contribution in [1.82, 2.24) is 10.6 Å². The minimum atomic E-state index is -0.597. The number of carbonyl (C=O) groups excluding carboxylic acids is 1. The summed E-state index contributed by atoms with van der Waals surface area (Å²) in [6.45, 7) is -0.0288.